The zero-order valence-corrected chi connectivity index (χ0v) is 17.9. The van der Waals surface area contributed by atoms with Crippen LogP contribution in [0.15, 0.2) is 30.7 Å². The number of carbonyl (C=O) groups excluding carboxylic acids is 1. The zero-order valence-electron chi connectivity index (χ0n) is 17.9. The molecule has 4 heterocycles. The van der Waals surface area contributed by atoms with Gasteiger partial charge in [-0.2, -0.15) is 5.10 Å². The maximum Gasteiger partial charge on any atom is 0.240 e. The summed E-state index contributed by atoms with van der Waals surface area (Å²) in [6, 6.07) is 5.99. The quantitative estimate of drug-likeness (QED) is 0.694. The Morgan fingerprint density at radius 1 is 1.23 bits per heavy atom. The van der Waals surface area contributed by atoms with Crippen molar-refractivity contribution >= 4 is 11.6 Å². The second-order valence-corrected chi connectivity index (χ2v) is 8.40. The minimum Gasteiger partial charge on any atom is -0.491 e. The van der Waals surface area contributed by atoms with Crippen LogP contribution in [0.25, 0.3) is 22.9 Å². The summed E-state index contributed by atoms with van der Waals surface area (Å²) in [6.07, 6.45) is 6.44. The monoisotopic (exact) mass is 421 g/mol. The van der Waals surface area contributed by atoms with Crippen LogP contribution < -0.4 is 15.4 Å². The normalized spacial score (nSPS) is 18.3. The van der Waals surface area contributed by atoms with Crippen molar-refractivity contribution in [2.24, 2.45) is 5.73 Å². The van der Waals surface area contributed by atoms with E-state index in [2.05, 4.69) is 33.4 Å². The molecule has 0 bridgehead atoms. The lowest BCUT2D eigenvalue weighted by molar-refractivity contribution is -0.119. The van der Waals surface area contributed by atoms with Crippen LogP contribution in [-0.2, 0) is 11.3 Å². The van der Waals surface area contributed by atoms with Gasteiger partial charge in [-0.25, -0.2) is 14.6 Å². The number of benzene rings is 1. The van der Waals surface area contributed by atoms with Gasteiger partial charge in [-0.3, -0.25) is 4.79 Å². The van der Waals surface area contributed by atoms with Gasteiger partial charge in [0.05, 0.1) is 12.1 Å². The molecular formula is C22H27N7O2. The number of piperidine rings is 1. The highest BCUT2D eigenvalue weighted by Crippen LogP contribution is 2.37. The number of rotatable bonds is 4. The van der Waals surface area contributed by atoms with Crippen molar-refractivity contribution < 1.29 is 9.53 Å². The number of imidazole rings is 1. The van der Waals surface area contributed by atoms with Crippen molar-refractivity contribution in [1.82, 2.24) is 24.3 Å². The third-order valence-electron chi connectivity index (χ3n) is 6.03. The molecule has 1 fully saturated rings. The number of amides is 1. The minimum atomic E-state index is -0.273. The van der Waals surface area contributed by atoms with Crippen molar-refractivity contribution in [2.45, 2.75) is 51.7 Å². The number of nitrogens with two attached hydrogens (primary N) is 1. The number of ether oxygens (including phenoxy) is 1. The first-order valence-corrected chi connectivity index (χ1v) is 10.8. The van der Waals surface area contributed by atoms with Gasteiger partial charge in [0.2, 0.25) is 5.91 Å². The maximum absolute atomic E-state index is 12.0. The molecule has 1 atom stereocenters. The van der Waals surface area contributed by atoms with Crippen LogP contribution in [0.2, 0.25) is 0 Å². The van der Waals surface area contributed by atoms with E-state index in [9.17, 15) is 4.79 Å². The van der Waals surface area contributed by atoms with Gasteiger partial charge in [0.1, 0.15) is 36.2 Å². The average molecular weight is 422 g/mol. The molecule has 1 unspecified atom stereocenters. The number of hydrogen-bond donors (Lipinski definition) is 1. The minimum absolute atomic E-state index is 0.194. The van der Waals surface area contributed by atoms with Gasteiger partial charge in [-0.05, 0) is 45.2 Å². The van der Waals surface area contributed by atoms with E-state index < -0.39 is 0 Å². The Bertz CT molecular complexity index is 1120. The average Bonchev–Trinajstić information content (AvgIpc) is 3.38. The van der Waals surface area contributed by atoms with Gasteiger partial charge >= 0.3 is 0 Å². The molecule has 1 amide bonds. The van der Waals surface area contributed by atoms with Gasteiger partial charge in [0.15, 0.2) is 5.82 Å². The Kier molecular flexibility index (Phi) is 4.88. The van der Waals surface area contributed by atoms with Gasteiger partial charge < -0.3 is 19.9 Å². The predicted molar refractivity (Wildman–Crippen MR) is 117 cm³/mol. The summed E-state index contributed by atoms with van der Waals surface area (Å²) in [7, 11) is 0. The molecule has 2 N–H and O–H groups in total. The van der Waals surface area contributed by atoms with Gasteiger partial charge in [0, 0.05) is 30.5 Å². The summed E-state index contributed by atoms with van der Waals surface area (Å²) in [4.78, 5) is 23.4. The van der Waals surface area contributed by atoms with E-state index >= 15 is 0 Å². The van der Waals surface area contributed by atoms with E-state index in [1.807, 2.05) is 29.1 Å². The van der Waals surface area contributed by atoms with Crippen LogP contribution in [0.4, 0.5) is 5.69 Å². The summed E-state index contributed by atoms with van der Waals surface area (Å²) in [5.41, 5.74) is 8.35. The van der Waals surface area contributed by atoms with Crippen LogP contribution in [-0.4, -0.2) is 49.4 Å². The summed E-state index contributed by atoms with van der Waals surface area (Å²) >= 11 is 0. The van der Waals surface area contributed by atoms with Crippen molar-refractivity contribution in [2.75, 3.05) is 18.1 Å². The van der Waals surface area contributed by atoms with E-state index in [1.54, 1.807) is 6.33 Å². The molecule has 2 aliphatic heterocycles. The van der Waals surface area contributed by atoms with E-state index in [4.69, 9.17) is 15.5 Å². The fourth-order valence-electron chi connectivity index (χ4n) is 4.50. The van der Waals surface area contributed by atoms with Crippen LogP contribution in [0.5, 0.6) is 5.75 Å². The van der Waals surface area contributed by atoms with Gasteiger partial charge in [-0.1, -0.05) is 0 Å². The highest BCUT2D eigenvalue weighted by Gasteiger charge is 2.29. The number of nitrogens with zero attached hydrogens (tertiary/aromatic N) is 6. The molecule has 1 aromatic carbocycles. The lowest BCUT2D eigenvalue weighted by atomic mass is 10.00. The molecule has 0 spiro atoms. The lowest BCUT2D eigenvalue weighted by Gasteiger charge is -2.35. The van der Waals surface area contributed by atoms with E-state index in [-0.39, 0.29) is 18.0 Å². The Morgan fingerprint density at radius 2 is 2.10 bits per heavy atom. The van der Waals surface area contributed by atoms with Crippen LogP contribution >= 0.6 is 0 Å². The van der Waals surface area contributed by atoms with Crippen molar-refractivity contribution in [3.63, 3.8) is 0 Å². The second kappa shape index (κ2) is 7.72. The van der Waals surface area contributed by atoms with Crippen molar-refractivity contribution in [3.8, 4) is 28.7 Å². The third kappa shape index (κ3) is 3.43. The second-order valence-electron chi connectivity index (χ2n) is 8.40. The molecule has 1 saturated heterocycles. The SMILES string of the molecule is CC(C)n1ncnc1-c1cn2c(n1)-c1ccc(N3CCCCC3C(N)=O)cc1OCC2. The first-order chi connectivity index (χ1) is 15.0. The molecule has 3 aromatic rings. The fraction of sp³-hybridized carbons (Fsp3) is 0.455. The van der Waals surface area contributed by atoms with Crippen molar-refractivity contribution in [3.05, 3.63) is 30.7 Å². The molecule has 0 aliphatic carbocycles. The summed E-state index contributed by atoms with van der Waals surface area (Å²) in [5, 5.41) is 4.33. The first-order valence-electron chi connectivity index (χ1n) is 10.8. The molecule has 31 heavy (non-hydrogen) atoms. The number of carbonyl (C=O) groups is 1. The number of hydrogen-bond acceptors (Lipinski definition) is 6. The Morgan fingerprint density at radius 3 is 2.90 bits per heavy atom. The standard InChI is InChI=1S/C22H27N7O2/c1-14(2)29-22(24-13-25-29)17-12-27-9-10-31-19-11-15(6-7-16(19)21(27)26-17)28-8-4-3-5-18(28)20(23)30/h6-7,11-14,18H,3-5,8-10H2,1-2H3,(H2,23,30). The molecule has 2 aromatic heterocycles. The van der Waals surface area contributed by atoms with Crippen LogP contribution in [0.3, 0.4) is 0 Å². The van der Waals surface area contributed by atoms with E-state index in [1.165, 1.54) is 0 Å². The molecule has 162 valence electrons. The number of fused-ring (bicyclic) bond motifs is 3. The molecular weight excluding hydrogens is 394 g/mol. The summed E-state index contributed by atoms with van der Waals surface area (Å²) < 4.78 is 10.1. The fourth-order valence-corrected chi connectivity index (χ4v) is 4.50. The van der Waals surface area contributed by atoms with Crippen molar-refractivity contribution in [1.29, 1.82) is 0 Å². The number of aromatic nitrogens is 5. The van der Waals surface area contributed by atoms with Gasteiger partial charge in [0.25, 0.3) is 0 Å². The van der Waals surface area contributed by atoms with Crippen LogP contribution in [0.1, 0.15) is 39.2 Å². The Labute approximate surface area is 180 Å². The molecule has 9 heteroatoms. The van der Waals surface area contributed by atoms with Crippen LogP contribution in [0, 0.1) is 0 Å². The number of primary amides is 1. The van der Waals surface area contributed by atoms with Gasteiger partial charge in [-0.15, -0.1) is 0 Å². The molecule has 2 aliphatic rings. The highest BCUT2D eigenvalue weighted by atomic mass is 16.5. The predicted octanol–water partition coefficient (Wildman–Crippen LogP) is 2.63. The largest absolute Gasteiger partial charge is 0.491 e. The van der Waals surface area contributed by atoms with E-state index in [0.717, 1.165) is 60.2 Å². The molecule has 9 nitrogen and oxygen atoms in total. The lowest BCUT2D eigenvalue weighted by Crippen LogP contribution is -2.47. The molecule has 5 rings (SSSR count). The zero-order chi connectivity index (χ0) is 21.5. The first kappa shape index (κ1) is 19.6. The molecule has 0 radical (unpaired) electrons. The topological polar surface area (TPSA) is 104 Å². The molecule has 0 saturated carbocycles. The summed E-state index contributed by atoms with van der Waals surface area (Å²) in [6.45, 7) is 6.19. The number of anilines is 1. The third-order valence-corrected chi connectivity index (χ3v) is 6.03. The smallest absolute Gasteiger partial charge is 0.240 e. The van der Waals surface area contributed by atoms with E-state index in [0.29, 0.717) is 13.2 Å². The highest BCUT2D eigenvalue weighted by molar-refractivity contribution is 5.84. The maximum atomic E-state index is 12.0. The summed E-state index contributed by atoms with van der Waals surface area (Å²) in [5.74, 6) is 2.10. The Balaban J connectivity index is 1.53. The Hall–Kier alpha value is -3.36.